The Morgan fingerprint density at radius 3 is 2.95 bits per heavy atom. The highest BCUT2D eigenvalue weighted by Crippen LogP contribution is 2.15. The Morgan fingerprint density at radius 2 is 2.21 bits per heavy atom. The van der Waals surface area contributed by atoms with Crippen LogP contribution in [0.4, 0.5) is 0 Å². The van der Waals surface area contributed by atoms with Gasteiger partial charge in [0, 0.05) is 26.2 Å². The number of nitrogens with one attached hydrogen (secondary N) is 2. The summed E-state index contributed by atoms with van der Waals surface area (Å²) in [5.74, 6) is 0.885. The zero-order valence-electron chi connectivity index (χ0n) is 12.4. The molecular formula is C15H30N2O2. The van der Waals surface area contributed by atoms with Gasteiger partial charge in [0.1, 0.15) is 0 Å². The van der Waals surface area contributed by atoms with E-state index in [4.69, 9.17) is 4.74 Å². The van der Waals surface area contributed by atoms with Crippen LogP contribution in [0.5, 0.6) is 0 Å². The largest absolute Gasteiger partial charge is 0.381 e. The highest BCUT2D eigenvalue weighted by Gasteiger charge is 2.13. The van der Waals surface area contributed by atoms with Crippen LogP contribution in [-0.2, 0) is 9.53 Å². The standard InChI is InChI=1S/C15H30N2O2/c1-2-3-11-19-12-5-10-17-15(18)8-7-14-6-4-9-16-13-14/h14,16H,2-13H2,1H3,(H,17,18). The van der Waals surface area contributed by atoms with E-state index in [9.17, 15) is 4.79 Å². The van der Waals surface area contributed by atoms with Gasteiger partial charge in [0.15, 0.2) is 0 Å². The van der Waals surface area contributed by atoms with E-state index < -0.39 is 0 Å². The van der Waals surface area contributed by atoms with E-state index in [0.717, 1.165) is 52.1 Å². The maximum absolute atomic E-state index is 11.6. The molecule has 1 atom stereocenters. The van der Waals surface area contributed by atoms with Crippen LogP contribution in [0.1, 0.15) is 51.9 Å². The lowest BCUT2D eigenvalue weighted by Gasteiger charge is -2.22. The van der Waals surface area contributed by atoms with E-state index in [2.05, 4.69) is 17.6 Å². The van der Waals surface area contributed by atoms with Crippen LogP contribution in [0.15, 0.2) is 0 Å². The molecule has 1 rings (SSSR count). The normalized spacial score (nSPS) is 19.3. The molecule has 1 fully saturated rings. The molecule has 0 aromatic carbocycles. The third kappa shape index (κ3) is 9.00. The van der Waals surface area contributed by atoms with Gasteiger partial charge in [-0.2, -0.15) is 0 Å². The number of carbonyl (C=O) groups excluding carboxylic acids is 1. The summed E-state index contributed by atoms with van der Waals surface area (Å²) in [6, 6.07) is 0. The first kappa shape index (κ1) is 16.4. The molecule has 1 saturated heterocycles. The molecule has 1 aliphatic heterocycles. The Labute approximate surface area is 117 Å². The topological polar surface area (TPSA) is 50.4 Å². The Kier molecular flexibility index (Phi) is 9.72. The average molecular weight is 270 g/mol. The van der Waals surface area contributed by atoms with E-state index in [-0.39, 0.29) is 5.91 Å². The summed E-state index contributed by atoms with van der Waals surface area (Å²) in [4.78, 5) is 11.6. The van der Waals surface area contributed by atoms with Crippen LogP contribution in [0.3, 0.4) is 0 Å². The van der Waals surface area contributed by atoms with Crippen molar-refractivity contribution in [2.75, 3.05) is 32.8 Å². The van der Waals surface area contributed by atoms with E-state index in [0.29, 0.717) is 12.3 Å². The second-order valence-corrected chi connectivity index (χ2v) is 5.42. The van der Waals surface area contributed by atoms with Gasteiger partial charge in [-0.3, -0.25) is 4.79 Å². The average Bonchev–Trinajstić information content (AvgIpc) is 2.45. The molecule has 1 unspecified atom stereocenters. The highest BCUT2D eigenvalue weighted by molar-refractivity contribution is 5.75. The van der Waals surface area contributed by atoms with Gasteiger partial charge in [0.05, 0.1) is 0 Å². The van der Waals surface area contributed by atoms with Crippen molar-refractivity contribution in [1.82, 2.24) is 10.6 Å². The van der Waals surface area contributed by atoms with Gasteiger partial charge in [-0.15, -0.1) is 0 Å². The van der Waals surface area contributed by atoms with Crippen LogP contribution in [0.2, 0.25) is 0 Å². The van der Waals surface area contributed by atoms with E-state index in [1.54, 1.807) is 0 Å². The van der Waals surface area contributed by atoms with Gasteiger partial charge < -0.3 is 15.4 Å². The summed E-state index contributed by atoms with van der Waals surface area (Å²) in [7, 11) is 0. The minimum atomic E-state index is 0.194. The van der Waals surface area contributed by atoms with Crippen LogP contribution in [0, 0.1) is 5.92 Å². The molecule has 0 saturated carbocycles. The zero-order valence-corrected chi connectivity index (χ0v) is 12.4. The number of rotatable bonds is 10. The first-order chi connectivity index (χ1) is 9.33. The fourth-order valence-corrected chi connectivity index (χ4v) is 2.34. The number of carbonyl (C=O) groups is 1. The van der Waals surface area contributed by atoms with Gasteiger partial charge in [-0.25, -0.2) is 0 Å². The molecule has 0 aromatic heterocycles. The first-order valence-corrected chi connectivity index (χ1v) is 7.88. The number of ether oxygens (including phenoxy) is 1. The van der Waals surface area contributed by atoms with Crippen LogP contribution in [0.25, 0.3) is 0 Å². The molecule has 2 N–H and O–H groups in total. The summed E-state index contributed by atoms with van der Waals surface area (Å²) in [6.45, 7) is 6.73. The number of piperidine rings is 1. The lowest BCUT2D eigenvalue weighted by atomic mass is 9.94. The van der Waals surface area contributed by atoms with Gasteiger partial charge in [-0.05, 0) is 51.1 Å². The number of unbranched alkanes of at least 4 members (excludes halogenated alkanes) is 1. The van der Waals surface area contributed by atoms with Crippen LogP contribution in [-0.4, -0.2) is 38.8 Å². The van der Waals surface area contributed by atoms with E-state index in [1.807, 2.05) is 0 Å². The van der Waals surface area contributed by atoms with Crippen molar-refractivity contribution in [3.8, 4) is 0 Å². The maximum atomic E-state index is 11.6. The monoisotopic (exact) mass is 270 g/mol. The Hall–Kier alpha value is -0.610. The molecule has 4 nitrogen and oxygen atoms in total. The number of hydrogen-bond donors (Lipinski definition) is 2. The van der Waals surface area contributed by atoms with E-state index in [1.165, 1.54) is 19.3 Å². The predicted octanol–water partition coefficient (Wildman–Crippen LogP) is 2.09. The van der Waals surface area contributed by atoms with Crippen molar-refractivity contribution in [3.05, 3.63) is 0 Å². The molecule has 0 aromatic rings. The smallest absolute Gasteiger partial charge is 0.220 e. The summed E-state index contributed by atoms with van der Waals surface area (Å²) >= 11 is 0. The van der Waals surface area contributed by atoms with Crippen LogP contribution < -0.4 is 10.6 Å². The third-order valence-electron chi connectivity index (χ3n) is 3.61. The molecule has 4 heteroatoms. The molecule has 19 heavy (non-hydrogen) atoms. The summed E-state index contributed by atoms with van der Waals surface area (Å²) in [5, 5.41) is 6.36. The van der Waals surface area contributed by atoms with Crippen molar-refractivity contribution in [2.45, 2.75) is 51.9 Å². The molecule has 0 spiro atoms. The second-order valence-electron chi connectivity index (χ2n) is 5.42. The van der Waals surface area contributed by atoms with Crippen molar-refractivity contribution in [3.63, 3.8) is 0 Å². The first-order valence-electron chi connectivity index (χ1n) is 7.88. The van der Waals surface area contributed by atoms with E-state index >= 15 is 0 Å². The highest BCUT2D eigenvalue weighted by atomic mass is 16.5. The molecule has 1 aliphatic rings. The summed E-state index contributed by atoms with van der Waals surface area (Å²) < 4.78 is 5.45. The van der Waals surface area contributed by atoms with Crippen molar-refractivity contribution >= 4 is 5.91 Å². The predicted molar refractivity (Wildman–Crippen MR) is 78.2 cm³/mol. The van der Waals surface area contributed by atoms with Crippen molar-refractivity contribution < 1.29 is 9.53 Å². The maximum Gasteiger partial charge on any atom is 0.220 e. The molecular weight excluding hydrogens is 240 g/mol. The quantitative estimate of drug-likeness (QED) is 0.598. The lowest BCUT2D eigenvalue weighted by Crippen LogP contribution is -2.31. The zero-order chi connectivity index (χ0) is 13.8. The lowest BCUT2D eigenvalue weighted by molar-refractivity contribution is -0.121. The third-order valence-corrected chi connectivity index (χ3v) is 3.61. The molecule has 0 bridgehead atoms. The Morgan fingerprint density at radius 1 is 1.37 bits per heavy atom. The molecule has 112 valence electrons. The number of hydrogen-bond acceptors (Lipinski definition) is 3. The van der Waals surface area contributed by atoms with Crippen molar-refractivity contribution in [1.29, 1.82) is 0 Å². The molecule has 1 amide bonds. The molecule has 1 heterocycles. The Balaban J connectivity index is 1.87. The summed E-state index contributed by atoms with van der Waals surface area (Å²) in [6.07, 6.45) is 7.43. The Bertz CT molecular complexity index is 228. The van der Waals surface area contributed by atoms with Crippen molar-refractivity contribution in [2.24, 2.45) is 5.92 Å². The number of amides is 1. The van der Waals surface area contributed by atoms with Crippen LogP contribution >= 0.6 is 0 Å². The second kappa shape index (κ2) is 11.2. The van der Waals surface area contributed by atoms with Gasteiger partial charge in [0.2, 0.25) is 5.91 Å². The van der Waals surface area contributed by atoms with Gasteiger partial charge in [-0.1, -0.05) is 13.3 Å². The minimum Gasteiger partial charge on any atom is -0.381 e. The minimum absolute atomic E-state index is 0.194. The van der Waals surface area contributed by atoms with Gasteiger partial charge in [0.25, 0.3) is 0 Å². The fourth-order valence-electron chi connectivity index (χ4n) is 2.34. The fraction of sp³-hybridized carbons (Fsp3) is 0.933. The van der Waals surface area contributed by atoms with Gasteiger partial charge >= 0.3 is 0 Å². The SMILES string of the molecule is CCCCOCCCNC(=O)CCC1CCCNC1. The molecule has 0 radical (unpaired) electrons. The molecule has 0 aliphatic carbocycles. The summed E-state index contributed by atoms with van der Waals surface area (Å²) in [5.41, 5.74) is 0.